The van der Waals surface area contributed by atoms with E-state index in [2.05, 4.69) is 10.2 Å². The van der Waals surface area contributed by atoms with Crippen LogP contribution in [0.2, 0.25) is 0 Å². The van der Waals surface area contributed by atoms with E-state index >= 15 is 0 Å². The Morgan fingerprint density at radius 1 is 1.29 bits per heavy atom. The molecule has 0 aliphatic carbocycles. The number of nitrogens with zero attached hydrogens (tertiary/aromatic N) is 1. The van der Waals surface area contributed by atoms with Crippen molar-refractivity contribution in [2.75, 3.05) is 24.5 Å². The van der Waals surface area contributed by atoms with Gasteiger partial charge in [-0.15, -0.1) is 0 Å². The van der Waals surface area contributed by atoms with Crippen LogP contribution in [-0.2, 0) is 4.79 Å². The van der Waals surface area contributed by atoms with Crippen LogP contribution in [0.25, 0.3) is 0 Å². The number of hydrogen-bond acceptors (Lipinski definition) is 3. The van der Waals surface area contributed by atoms with Gasteiger partial charge in [-0.25, -0.2) is 4.39 Å². The van der Waals surface area contributed by atoms with Crippen molar-refractivity contribution >= 4 is 17.4 Å². The molecule has 0 bridgehead atoms. The number of benzene rings is 1. The molecule has 0 saturated carbocycles. The molecular formula is C16H21FN2O2. The van der Waals surface area contributed by atoms with Crippen LogP contribution in [0, 0.1) is 11.7 Å². The van der Waals surface area contributed by atoms with Gasteiger partial charge in [-0.1, -0.05) is 0 Å². The van der Waals surface area contributed by atoms with Crippen molar-refractivity contribution < 1.29 is 14.0 Å². The molecule has 0 spiro atoms. The number of ketones is 1. The molecule has 1 N–H and O–H groups in total. The van der Waals surface area contributed by atoms with Crippen LogP contribution >= 0.6 is 0 Å². The summed E-state index contributed by atoms with van der Waals surface area (Å²) in [5, 5.41) is 2.85. The summed E-state index contributed by atoms with van der Waals surface area (Å²) < 4.78 is 13.3. The van der Waals surface area contributed by atoms with Crippen molar-refractivity contribution in [1.29, 1.82) is 0 Å². The topological polar surface area (TPSA) is 49.4 Å². The van der Waals surface area contributed by atoms with Gasteiger partial charge in [0.25, 0.3) is 0 Å². The fourth-order valence-electron chi connectivity index (χ4n) is 2.73. The van der Waals surface area contributed by atoms with Gasteiger partial charge in [0, 0.05) is 37.8 Å². The Bertz CT molecular complexity index is 537. The van der Waals surface area contributed by atoms with E-state index in [-0.39, 0.29) is 17.5 Å². The average molecular weight is 292 g/mol. The van der Waals surface area contributed by atoms with E-state index in [1.54, 1.807) is 6.07 Å². The van der Waals surface area contributed by atoms with Crippen LogP contribution in [0.1, 0.15) is 37.0 Å². The number of hydrogen-bond donors (Lipinski definition) is 1. The summed E-state index contributed by atoms with van der Waals surface area (Å²) in [7, 11) is 0. The highest BCUT2D eigenvalue weighted by molar-refractivity contribution is 5.99. The van der Waals surface area contributed by atoms with Gasteiger partial charge in [0.1, 0.15) is 5.82 Å². The van der Waals surface area contributed by atoms with Crippen LogP contribution < -0.4 is 10.2 Å². The van der Waals surface area contributed by atoms with Crippen molar-refractivity contribution in [3.05, 3.63) is 29.6 Å². The van der Waals surface area contributed by atoms with Crippen LogP contribution in [-0.4, -0.2) is 31.3 Å². The number of rotatable bonds is 4. The van der Waals surface area contributed by atoms with Gasteiger partial charge < -0.3 is 10.2 Å². The second kappa shape index (κ2) is 6.70. The molecule has 1 aliphatic heterocycles. The summed E-state index contributed by atoms with van der Waals surface area (Å²) in [5.41, 5.74) is 1.25. The largest absolute Gasteiger partial charge is 0.371 e. The molecule has 0 radical (unpaired) electrons. The van der Waals surface area contributed by atoms with Crippen LogP contribution in [0.3, 0.4) is 0 Å². The molecule has 1 aromatic rings. The second-order valence-corrected chi connectivity index (χ2v) is 5.59. The molecule has 1 aromatic carbocycles. The highest BCUT2D eigenvalue weighted by atomic mass is 19.1. The fourth-order valence-corrected chi connectivity index (χ4v) is 2.73. The Kier molecular flexibility index (Phi) is 4.94. The third-order valence-electron chi connectivity index (χ3n) is 3.93. The molecule has 1 fully saturated rings. The predicted molar refractivity (Wildman–Crippen MR) is 80.0 cm³/mol. The first-order chi connectivity index (χ1) is 9.97. The Hall–Kier alpha value is -1.91. The Morgan fingerprint density at radius 3 is 2.52 bits per heavy atom. The molecule has 0 aromatic heterocycles. The molecule has 0 unspecified atom stereocenters. The van der Waals surface area contributed by atoms with Gasteiger partial charge in [-0.3, -0.25) is 9.59 Å². The number of piperidine rings is 1. The van der Waals surface area contributed by atoms with E-state index in [1.165, 1.54) is 26.0 Å². The molecule has 5 heteroatoms. The lowest BCUT2D eigenvalue weighted by Gasteiger charge is -2.34. The number of nitrogens with one attached hydrogen (secondary N) is 1. The first-order valence-corrected chi connectivity index (χ1v) is 7.27. The molecule has 1 aliphatic rings. The second-order valence-electron chi connectivity index (χ2n) is 5.59. The van der Waals surface area contributed by atoms with Crippen LogP contribution in [0.15, 0.2) is 18.2 Å². The van der Waals surface area contributed by atoms with Crippen molar-refractivity contribution in [2.24, 2.45) is 5.92 Å². The lowest BCUT2D eigenvalue weighted by molar-refractivity contribution is -0.119. The van der Waals surface area contributed by atoms with E-state index in [4.69, 9.17) is 0 Å². The molecule has 1 amide bonds. The highest BCUT2D eigenvalue weighted by Crippen LogP contribution is 2.27. The van der Waals surface area contributed by atoms with Gasteiger partial charge in [0.05, 0.1) is 0 Å². The maximum Gasteiger partial charge on any atom is 0.216 e. The third kappa shape index (κ3) is 4.03. The number of Topliss-reactive ketones (excluding diaryl/α,β-unsaturated/α-hetero) is 1. The van der Waals surface area contributed by atoms with E-state index in [9.17, 15) is 14.0 Å². The van der Waals surface area contributed by atoms with Gasteiger partial charge >= 0.3 is 0 Å². The Balaban J connectivity index is 2.02. The zero-order valence-electron chi connectivity index (χ0n) is 12.5. The molecule has 2 rings (SSSR count). The first kappa shape index (κ1) is 15.5. The van der Waals surface area contributed by atoms with Crippen molar-refractivity contribution in [2.45, 2.75) is 26.7 Å². The molecule has 114 valence electrons. The number of halogens is 1. The molecule has 21 heavy (non-hydrogen) atoms. The highest BCUT2D eigenvalue weighted by Gasteiger charge is 2.22. The maximum atomic E-state index is 13.3. The summed E-state index contributed by atoms with van der Waals surface area (Å²) in [6, 6.07) is 4.38. The van der Waals surface area contributed by atoms with E-state index < -0.39 is 0 Å². The SMILES string of the molecule is CC(=O)NCC1CCN(c2ccc(F)cc2C(C)=O)CC1. The minimum atomic E-state index is -0.385. The van der Waals surface area contributed by atoms with Crippen LogP contribution in [0.5, 0.6) is 0 Å². The summed E-state index contributed by atoms with van der Waals surface area (Å²) >= 11 is 0. The van der Waals surface area contributed by atoms with E-state index in [0.717, 1.165) is 31.6 Å². The van der Waals surface area contributed by atoms with Gasteiger partial charge in [-0.05, 0) is 43.9 Å². The maximum absolute atomic E-state index is 13.3. The minimum absolute atomic E-state index is 0.00479. The molecule has 0 atom stereocenters. The Morgan fingerprint density at radius 2 is 1.95 bits per heavy atom. The van der Waals surface area contributed by atoms with Crippen molar-refractivity contribution in [3.8, 4) is 0 Å². The molecular weight excluding hydrogens is 271 g/mol. The molecule has 4 nitrogen and oxygen atoms in total. The van der Waals surface area contributed by atoms with Gasteiger partial charge in [0.15, 0.2) is 5.78 Å². The smallest absolute Gasteiger partial charge is 0.216 e. The Labute approximate surface area is 124 Å². The number of anilines is 1. The van der Waals surface area contributed by atoms with Gasteiger partial charge in [0.2, 0.25) is 5.91 Å². The summed E-state index contributed by atoms with van der Waals surface area (Å²) in [6.45, 7) is 5.31. The first-order valence-electron chi connectivity index (χ1n) is 7.27. The van der Waals surface area contributed by atoms with Crippen LogP contribution in [0.4, 0.5) is 10.1 Å². The zero-order valence-corrected chi connectivity index (χ0v) is 12.5. The fraction of sp³-hybridized carbons (Fsp3) is 0.500. The zero-order chi connectivity index (χ0) is 15.4. The average Bonchev–Trinajstić information content (AvgIpc) is 2.45. The number of carbonyl (C=O) groups excluding carboxylic acids is 2. The predicted octanol–water partition coefficient (Wildman–Crippen LogP) is 2.38. The lowest BCUT2D eigenvalue weighted by atomic mass is 9.95. The summed E-state index contributed by atoms with van der Waals surface area (Å²) in [6.07, 6.45) is 1.91. The lowest BCUT2D eigenvalue weighted by Crippen LogP contribution is -2.38. The number of carbonyl (C=O) groups is 2. The van der Waals surface area contributed by atoms with Gasteiger partial charge in [-0.2, -0.15) is 0 Å². The molecule has 1 heterocycles. The third-order valence-corrected chi connectivity index (χ3v) is 3.93. The monoisotopic (exact) mass is 292 g/mol. The minimum Gasteiger partial charge on any atom is -0.371 e. The standard InChI is InChI=1S/C16H21FN2O2/c1-11(20)15-9-14(17)3-4-16(15)19-7-5-13(6-8-19)10-18-12(2)21/h3-4,9,13H,5-8,10H2,1-2H3,(H,18,21). The van der Waals surface area contributed by atoms with E-state index in [1.807, 2.05) is 0 Å². The van der Waals surface area contributed by atoms with E-state index in [0.29, 0.717) is 18.0 Å². The quantitative estimate of drug-likeness (QED) is 0.867. The summed E-state index contributed by atoms with van der Waals surface area (Å²) in [5.74, 6) is -0.0458. The van der Waals surface area contributed by atoms with Crippen molar-refractivity contribution in [3.63, 3.8) is 0 Å². The normalized spacial score (nSPS) is 15.9. The molecule has 1 saturated heterocycles. The summed E-state index contributed by atoms with van der Waals surface area (Å²) in [4.78, 5) is 24.7. The van der Waals surface area contributed by atoms with Crippen molar-refractivity contribution in [1.82, 2.24) is 5.32 Å². The number of amides is 1.